The van der Waals surface area contributed by atoms with E-state index >= 15 is 0 Å². The number of fused-ring (bicyclic) bond motifs is 1. The second kappa shape index (κ2) is 6.19. The fraction of sp³-hybridized carbons (Fsp3) is 0.667. The van der Waals surface area contributed by atoms with Crippen LogP contribution in [0, 0.1) is 6.92 Å². The number of nitrogens with one attached hydrogen (secondary N) is 1. The molecular formula is C15H20F3N5O. The van der Waals surface area contributed by atoms with Crippen molar-refractivity contribution in [3.05, 3.63) is 17.6 Å². The Bertz CT molecular complexity index is 720. The van der Waals surface area contributed by atoms with Gasteiger partial charge in [0.15, 0.2) is 0 Å². The smallest absolute Gasteiger partial charge is 0.388 e. The molecule has 0 saturated heterocycles. The van der Waals surface area contributed by atoms with Crippen molar-refractivity contribution in [2.24, 2.45) is 0 Å². The van der Waals surface area contributed by atoms with Gasteiger partial charge in [0, 0.05) is 18.3 Å². The predicted octanol–water partition coefficient (Wildman–Crippen LogP) is 2.95. The van der Waals surface area contributed by atoms with Crippen molar-refractivity contribution in [1.29, 1.82) is 0 Å². The van der Waals surface area contributed by atoms with Crippen molar-refractivity contribution in [3.8, 4) is 0 Å². The minimum Gasteiger partial charge on any atom is -0.388 e. The van der Waals surface area contributed by atoms with Crippen LogP contribution in [0.1, 0.15) is 50.0 Å². The molecule has 0 atom stereocenters. The first-order chi connectivity index (χ1) is 11.3. The molecule has 2 heterocycles. The molecule has 0 radical (unpaired) electrons. The zero-order chi connectivity index (χ0) is 17.4. The summed E-state index contributed by atoms with van der Waals surface area (Å²) in [5.74, 6) is -0.993. The van der Waals surface area contributed by atoms with Gasteiger partial charge in [0.1, 0.15) is 5.82 Å². The molecule has 2 aromatic heterocycles. The molecule has 132 valence electrons. The van der Waals surface area contributed by atoms with Crippen LogP contribution in [0.3, 0.4) is 0 Å². The van der Waals surface area contributed by atoms with E-state index in [2.05, 4.69) is 20.4 Å². The van der Waals surface area contributed by atoms with Gasteiger partial charge in [-0.15, -0.1) is 5.10 Å². The molecule has 2 aromatic rings. The van der Waals surface area contributed by atoms with Gasteiger partial charge >= 0.3 is 6.18 Å². The van der Waals surface area contributed by atoms with Crippen molar-refractivity contribution in [1.82, 2.24) is 19.6 Å². The Labute approximate surface area is 137 Å². The molecule has 0 aliphatic heterocycles. The van der Waals surface area contributed by atoms with Crippen LogP contribution < -0.4 is 5.32 Å². The molecular weight excluding hydrogens is 323 g/mol. The Kier molecular flexibility index (Phi) is 4.37. The molecule has 1 saturated carbocycles. The molecule has 24 heavy (non-hydrogen) atoms. The van der Waals surface area contributed by atoms with Crippen LogP contribution in [-0.4, -0.2) is 36.8 Å². The van der Waals surface area contributed by atoms with Gasteiger partial charge < -0.3 is 10.4 Å². The first-order valence-corrected chi connectivity index (χ1v) is 8.05. The molecule has 2 N–H and O–H groups in total. The maximum absolute atomic E-state index is 12.8. The quantitative estimate of drug-likeness (QED) is 0.838. The lowest BCUT2D eigenvalue weighted by Gasteiger charge is -2.27. The number of aliphatic hydroxyl groups is 1. The molecule has 0 spiro atoms. The van der Waals surface area contributed by atoms with Crippen LogP contribution in [0.2, 0.25) is 0 Å². The number of nitrogens with zero attached hydrogens (tertiary/aromatic N) is 4. The topological polar surface area (TPSA) is 75.3 Å². The summed E-state index contributed by atoms with van der Waals surface area (Å²) in [5, 5.41) is 17.2. The molecule has 0 bridgehead atoms. The third-order valence-corrected chi connectivity index (χ3v) is 4.33. The Morgan fingerprint density at radius 3 is 2.50 bits per heavy atom. The summed E-state index contributed by atoms with van der Waals surface area (Å²) in [4.78, 5) is 7.43. The average molecular weight is 343 g/mol. The number of rotatable bonds is 3. The van der Waals surface area contributed by atoms with Crippen LogP contribution >= 0.6 is 0 Å². The van der Waals surface area contributed by atoms with Crippen LogP contribution in [0.5, 0.6) is 0 Å². The summed E-state index contributed by atoms with van der Waals surface area (Å²) >= 11 is 0. The van der Waals surface area contributed by atoms with E-state index in [0.717, 1.165) is 30.2 Å². The van der Waals surface area contributed by atoms with E-state index < -0.39 is 17.6 Å². The summed E-state index contributed by atoms with van der Waals surface area (Å²) in [6.45, 7) is 1.93. The van der Waals surface area contributed by atoms with E-state index in [1.54, 1.807) is 13.0 Å². The van der Waals surface area contributed by atoms with Gasteiger partial charge in [-0.2, -0.15) is 22.7 Å². The van der Waals surface area contributed by atoms with Gasteiger partial charge in [-0.1, -0.05) is 25.7 Å². The first-order valence-electron chi connectivity index (χ1n) is 8.05. The largest absolute Gasteiger partial charge is 0.453 e. The van der Waals surface area contributed by atoms with E-state index in [4.69, 9.17) is 0 Å². The van der Waals surface area contributed by atoms with Crippen molar-refractivity contribution in [2.75, 3.05) is 11.9 Å². The summed E-state index contributed by atoms with van der Waals surface area (Å²) < 4.78 is 39.5. The Morgan fingerprint density at radius 2 is 1.88 bits per heavy atom. The third kappa shape index (κ3) is 3.61. The lowest BCUT2D eigenvalue weighted by molar-refractivity contribution is -0.144. The monoisotopic (exact) mass is 343 g/mol. The second-order valence-electron chi connectivity index (χ2n) is 6.42. The molecule has 1 fully saturated rings. The average Bonchev–Trinajstić information content (AvgIpc) is 2.81. The normalized spacial score (nSPS) is 18.5. The molecule has 9 heteroatoms. The second-order valence-corrected chi connectivity index (χ2v) is 6.42. The zero-order valence-electron chi connectivity index (χ0n) is 13.4. The molecule has 1 aliphatic carbocycles. The van der Waals surface area contributed by atoms with Crippen molar-refractivity contribution < 1.29 is 18.3 Å². The van der Waals surface area contributed by atoms with Gasteiger partial charge in [0.05, 0.1) is 5.60 Å². The van der Waals surface area contributed by atoms with E-state index in [0.29, 0.717) is 24.4 Å². The lowest BCUT2D eigenvalue weighted by Crippen LogP contribution is -2.36. The molecule has 1 aliphatic rings. The van der Waals surface area contributed by atoms with Crippen LogP contribution in [0.4, 0.5) is 19.0 Å². The van der Waals surface area contributed by atoms with E-state index in [-0.39, 0.29) is 12.3 Å². The summed E-state index contributed by atoms with van der Waals surface area (Å²) in [7, 11) is 0. The van der Waals surface area contributed by atoms with Crippen molar-refractivity contribution >= 4 is 11.6 Å². The van der Waals surface area contributed by atoms with E-state index in [1.165, 1.54) is 0 Å². The molecule has 0 amide bonds. The number of anilines is 1. The summed E-state index contributed by atoms with van der Waals surface area (Å²) in [5.41, 5.74) is -0.327. The van der Waals surface area contributed by atoms with E-state index in [1.807, 2.05) is 0 Å². The van der Waals surface area contributed by atoms with Gasteiger partial charge in [0.2, 0.25) is 0 Å². The number of aromatic nitrogens is 4. The number of alkyl halides is 3. The highest BCUT2D eigenvalue weighted by atomic mass is 19.4. The number of halogens is 3. The van der Waals surface area contributed by atoms with Gasteiger partial charge in [-0.05, 0) is 19.8 Å². The van der Waals surface area contributed by atoms with E-state index in [9.17, 15) is 18.3 Å². The van der Waals surface area contributed by atoms with Gasteiger partial charge in [-0.3, -0.25) is 0 Å². The highest BCUT2D eigenvalue weighted by Gasteiger charge is 2.37. The highest BCUT2D eigenvalue weighted by Crippen LogP contribution is 2.29. The fourth-order valence-corrected chi connectivity index (χ4v) is 3.05. The molecule has 0 unspecified atom stereocenters. The lowest BCUT2D eigenvalue weighted by atomic mass is 9.94. The SMILES string of the molecule is Cc1cc(NCC2(O)CCCCCC2)n2nc(C(F)(F)F)nc2n1. The minimum absolute atomic E-state index is 0.113. The van der Waals surface area contributed by atoms with Crippen LogP contribution in [0.15, 0.2) is 6.07 Å². The van der Waals surface area contributed by atoms with Crippen LogP contribution in [-0.2, 0) is 6.18 Å². The summed E-state index contributed by atoms with van der Waals surface area (Å²) in [6, 6.07) is 1.60. The standard InChI is InChI=1S/C15H20F3N5O/c1-10-8-11(19-9-14(24)6-4-2-3-5-7-14)23-13(20-10)21-12(22-23)15(16,17)18/h8,19,24H,2-7,9H2,1H3. The first kappa shape index (κ1) is 16.9. The zero-order valence-corrected chi connectivity index (χ0v) is 13.4. The Hall–Kier alpha value is -1.90. The predicted molar refractivity (Wildman–Crippen MR) is 81.7 cm³/mol. The molecule has 3 rings (SSSR count). The van der Waals surface area contributed by atoms with Crippen LogP contribution in [0.25, 0.3) is 5.78 Å². The number of hydrogen-bond acceptors (Lipinski definition) is 5. The van der Waals surface area contributed by atoms with Crippen molar-refractivity contribution in [3.63, 3.8) is 0 Å². The maximum Gasteiger partial charge on any atom is 0.453 e. The highest BCUT2D eigenvalue weighted by molar-refractivity contribution is 5.45. The summed E-state index contributed by atoms with van der Waals surface area (Å²) in [6.07, 6.45) is 0.821. The molecule has 0 aromatic carbocycles. The number of hydrogen-bond donors (Lipinski definition) is 2. The molecule has 6 nitrogen and oxygen atoms in total. The maximum atomic E-state index is 12.8. The van der Waals surface area contributed by atoms with Crippen molar-refractivity contribution in [2.45, 2.75) is 57.2 Å². The number of aryl methyl sites for hydroxylation is 1. The fourth-order valence-electron chi connectivity index (χ4n) is 3.05. The Balaban J connectivity index is 1.87. The van der Waals surface area contributed by atoms with Gasteiger partial charge in [0.25, 0.3) is 11.6 Å². The minimum atomic E-state index is -4.63. The van der Waals surface area contributed by atoms with Gasteiger partial charge in [-0.25, -0.2) is 4.98 Å². The third-order valence-electron chi connectivity index (χ3n) is 4.33. The Morgan fingerprint density at radius 1 is 1.21 bits per heavy atom.